The first-order valence-corrected chi connectivity index (χ1v) is 20.7. The van der Waals surface area contributed by atoms with E-state index < -0.39 is 0 Å². The van der Waals surface area contributed by atoms with E-state index in [0.717, 1.165) is 97.9 Å². The third kappa shape index (κ3) is 9.39. The first kappa shape index (κ1) is 40.3. The van der Waals surface area contributed by atoms with E-state index in [0.29, 0.717) is 0 Å². The first-order chi connectivity index (χ1) is 26.4. The molecule has 4 aromatic heterocycles. The summed E-state index contributed by atoms with van der Waals surface area (Å²) in [6.07, 6.45) is 26.4. The van der Waals surface area contributed by atoms with Gasteiger partial charge in [-0.05, 0) is 91.9 Å². The van der Waals surface area contributed by atoms with Crippen LogP contribution in [0, 0.1) is 0 Å². The Hall–Kier alpha value is -4.33. The molecule has 5 aromatic rings. The number of hydrogen-bond donors (Lipinski definition) is 2. The van der Waals surface area contributed by atoms with Gasteiger partial charge in [-0.15, -0.1) is 0 Å². The Labute approximate surface area is 342 Å². The molecule has 0 spiro atoms. The molecule has 0 fully saturated rings. The number of benzene rings is 1. The SMILES string of the molecule is CCCCCCCc1c2nc(c(-c3nccn3C)c3ccc([nH]3)c(CCCCCCC)c3nc(c(-c4ccc(SC(C)=O)cc4)c4ccc1[nH]4)C=C3)C=C2.[Zn]. The van der Waals surface area contributed by atoms with Crippen LogP contribution in [-0.2, 0) is 44.2 Å². The summed E-state index contributed by atoms with van der Waals surface area (Å²) in [7, 11) is 2.05. The van der Waals surface area contributed by atoms with Gasteiger partial charge in [0.25, 0.3) is 0 Å². The third-order valence-electron chi connectivity index (χ3n) is 10.5. The standard InChI is InChI=1S/C46H52N6OS.Zn/c1-5-7-9-11-13-15-34-36-21-25-40(48-36)44(32-17-19-33(20-18-32)54-31(3)53)41-26-22-37(49-41)35(16-14-12-10-8-6-2)39-24-28-43(51-39)45(42-27-23-38(34)50-42)46-47-29-30-52(46)4;/h17-30,48,51H,5-16H2,1-4H3;. The zero-order valence-corrected chi connectivity index (χ0v) is 36.7. The minimum atomic E-state index is 0. The zero-order chi connectivity index (χ0) is 37.4. The zero-order valence-electron chi connectivity index (χ0n) is 32.9. The Morgan fingerprint density at radius 1 is 0.636 bits per heavy atom. The van der Waals surface area contributed by atoms with Crippen molar-refractivity contribution in [3.05, 3.63) is 94.8 Å². The predicted octanol–water partition coefficient (Wildman–Crippen LogP) is 12.4. The van der Waals surface area contributed by atoms with Gasteiger partial charge in [-0.1, -0.05) is 89.1 Å². The molecule has 7 nitrogen and oxygen atoms in total. The number of hydrogen-bond acceptors (Lipinski definition) is 5. The van der Waals surface area contributed by atoms with Gasteiger partial charge >= 0.3 is 0 Å². The van der Waals surface area contributed by atoms with Gasteiger partial charge in [-0.25, -0.2) is 15.0 Å². The van der Waals surface area contributed by atoms with Gasteiger partial charge in [-0.2, -0.15) is 0 Å². The van der Waals surface area contributed by atoms with Gasteiger partial charge in [0.1, 0.15) is 5.82 Å². The van der Waals surface area contributed by atoms with Crippen LogP contribution >= 0.6 is 11.8 Å². The number of nitrogens with zero attached hydrogens (tertiary/aromatic N) is 4. The molecular formula is C46H52N6OSZn. The average Bonchev–Trinajstić information content (AvgIpc) is 4.02. The average molecular weight is 802 g/mol. The molecule has 1 aromatic carbocycles. The summed E-state index contributed by atoms with van der Waals surface area (Å²) in [5, 5.41) is 0.0772. The van der Waals surface area contributed by atoms with Gasteiger partial charge in [0.2, 0.25) is 0 Å². The molecule has 0 amide bonds. The first-order valence-electron chi connectivity index (χ1n) is 19.8. The molecule has 0 radical (unpaired) electrons. The van der Waals surface area contributed by atoms with Crippen LogP contribution in [0.2, 0.25) is 0 Å². The number of nitrogens with one attached hydrogen (secondary N) is 2. The maximum Gasteiger partial charge on any atom is 0.190 e. The second-order valence-corrected chi connectivity index (χ2v) is 15.8. The maximum atomic E-state index is 11.9. The monoisotopic (exact) mass is 800 g/mol. The number of thioether (sulfide) groups is 1. The molecule has 2 aliphatic heterocycles. The summed E-state index contributed by atoms with van der Waals surface area (Å²) in [4.78, 5) is 36.1. The van der Waals surface area contributed by atoms with E-state index >= 15 is 0 Å². The van der Waals surface area contributed by atoms with Gasteiger partial charge in [0.15, 0.2) is 5.12 Å². The van der Waals surface area contributed by atoms with Crippen LogP contribution in [0.5, 0.6) is 0 Å². The molecule has 0 aliphatic carbocycles. The number of carbonyl (C=O) groups excluding carboxylic acids is 1. The second kappa shape index (κ2) is 19.0. The summed E-state index contributed by atoms with van der Waals surface area (Å²) < 4.78 is 2.07. The second-order valence-electron chi connectivity index (χ2n) is 14.5. The number of fused-ring (bicyclic) bond motifs is 8. The van der Waals surface area contributed by atoms with Crippen molar-refractivity contribution in [2.45, 2.75) is 103 Å². The van der Waals surface area contributed by atoms with E-state index in [-0.39, 0.29) is 24.6 Å². The molecular weight excluding hydrogens is 750 g/mol. The van der Waals surface area contributed by atoms with Crippen LogP contribution in [0.1, 0.15) is 119 Å². The molecule has 9 heteroatoms. The van der Waals surface area contributed by atoms with E-state index in [1.165, 1.54) is 74.3 Å². The summed E-state index contributed by atoms with van der Waals surface area (Å²) in [5.74, 6) is 0.874. The maximum absolute atomic E-state index is 11.9. The van der Waals surface area contributed by atoms with Crippen LogP contribution in [0.15, 0.2) is 65.8 Å². The molecule has 0 saturated heterocycles. The molecule has 6 heterocycles. The van der Waals surface area contributed by atoms with Crippen molar-refractivity contribution in [1.82, 2.24) is 29.5 Å². The molecule has 0 saturated carbocycles. The molecule has 280 valence electrons. The molecule has 2 N–H and O–H groups in total. The Bertz CT molecular complexity index is 2330. The Balaban J connectivity index is 0.00000514. The summed E-state index contributed by atoms with van der Waals surface area (Å²) >= 11 is 1.26. The van der Waals surface area contributed by atoms with Gasteiger partial charge in [0, 0.05) is 84.0 Å². The summed E-state index contributed by atoms with van der Waals surface area (Å²) in [5.41, 5.74) is 13.4. The van der Waals surface area contributed by atoms with E-state index in [9.17, 15) is 4.79 Å². The third-order valence-corrected chi connectivity index (χ3v) is 11.3. The number of carbonyl (C=O) groups is 1. The number of rotatable bonds is 15. The quantitative estimate of drug-likeness (QED) is 0.0612. The molecule has 0 atom stereocenters. The van der Waals surface area contributed by atoms with Crippen LogP contribution in [-0.4, -0.2) is 34.6 Å². The normalized spacial score (nSPS) is 12.0. The van der Waals surface area contributed by atoms with Gasteiger partial charge < -0.3 is 14.5 Å². The largest absolute Gasteiger partial charge is 0.355 e. The predicted molar refractivity (Wildman–Crippen MR) is 228 cm³/mol. The number of H-pyrrole nitrogens is 2. The van der Waals surface area contributed by atoms with Crippen molar-refractivity contribution in [2.24, 2.45) is 7.05 Å². The van der Waals surface area contributed by atoms with Crippen molar-refractivity contribution >= 4 is 63.2 Å². The number of aryl methyl sites for hydroxylation is 3. The van der Waals surface area contributed by atoms with Gasteiger partial charge in [-0.3, -0.25) is 4.79 Å². The summed E-state index contributed by atoms with van der Waals surface area (Å²) in [6, 6.07) is 17.1. The fraction of sp³-hybridized carbons (Fsp3) is 0.348. The number of unbranched alkanes of at least 4 members (excludes halogenated alkanes) is 8. The van der Waals surface area contributed by atoms with E-state index in [1.807, 2.05) is 31.6 Å². The molecule has 55 heavy (non-hydrogen) atoms. The summed E-state index contributed by atoms with van der Waals surface area (Å²) in [6.45, 7) is 6.13. The van der Waals surface area contributed by atoms with E-state index in [2.05, 4.69) is 89.1 Å². The Morgan fingerprint density at radius 2 is 1.13 bits per heavy atom. The van der Waals surface area contributed by atoms with Crippen molar-refractivity contribution in [1.29, 1.82) is 0 Å². The van der Waals surface area contributed by atoms with Crippen molar-refractivity contribution in [2.75, 3.05) is 0 Å². The van der Waals surface area contributed by atoms with Crippen molar-refractivity contribution in [3.63, 3.8) is 0 Å². The molecule has 0 unspecified atom stereocenters. The van der Waals surface area contributed by atoms with Crippen LogP contribution in [0.3, 0.4) is 0 Å². The minimum absolute atomic E-state index is 0. The molecule has 8 bridgehead atoms. The van der Waals surface area contributed by atoms with Crippen LogP contribution in [0.25, 0.3) is 68.9 Å². The van der Waals surface area contributed by atoms with Crippen LogP contribution < -0.4 is 0 Å². The smallest absolute Gasteiger partial charge is 0.190 e. The van der Waals surface area contributed by atoms with Crippen molar-refractivity contribution < 1.29 is 24.3 Å². The fourth-order valence-corrected chi connectivity index (χ4v) is 8.27. The van der Waals surface area contributed by atoms with Crippen molar-refractivity contribution in [3.8, 4) is 22.5 Å². The van der Waals surface area contributed by atoms with E-state index in [4.69, 9.17) is 15.0 Å². The Morgan fingerprint density at radius 3 is 1.64 bits per heavy atom. The van der Waals surface area contributed by atoms with E-state index in [1.54, 1.807) is 6.92 Å². The molecule has 7 rings (SSSR count). The number of imidazole rings is 1. The number of aromatic nitrogens is 6. The Kier molecular flexibility index (Phi) is 13.9. The minimum Gasteiger partial charge on any atom is -0.355 e. The van der Waals surface area contributed by atoms with Crippen LogP contribution in [0.4, 0.5) is 0 Å². The fourth-order valence-electron chi connectivity index (χ4n) is 7.66. The number of aromatic amines is 2. The van der Waals surface area contributed by atoms with Gasteiger partial charge in [0.05, 0.1) is 33.9 Å². The molecule has 2 aliphatic rings. The topological polar surface area (TPSA) is 92.2 Å².